The fourth-order valence-electron chi connectivity index (χ4n) is 5.53. The largest absolute Gasteiger partial charge is 0.356 e. The van der Waals surface area contributed by atoms with E-state index >= 15 is 0 Å². The van der Waals surface area contributed by atoms with Crippen molar-refractivity contribution in [2.45, 2.75) is 6.92 Å². The summed E-state index contributed by atoms with van der Waals surface area (Å²) in [6.45, 7) is 2.15. The molecule has 0 bridgehead atoms. The Morgan fingerprint density at radius 1 is 0.341 bits per heavy atom. The third-order valence-corrected chi connectivity index (χ3v) is 7.62. The highest BCUT2D eigenvalue weighted by Crippen LogP contribution is 2.36. The second-order valence-electron chi connectivity index (χ2n) is 10.6. The summed E-state index contributed by atoms with van der Waals surface area (Å²) in [5.74, 6) is 0. The van der Waals surface area contributed by atoms with E-state index < -0.39 is 0 Å². The minimum Gasteiger partial charge on any atom is -0.356 e. The minimum absolute atomic E-state index is 1.06. The molecule has 0 aliphatic carbocycles. The molecule has 0 saturated heterocycles. The molecule has 0 radical (unpaired) electrons. The molecule has 0 aliphatic rings. The minimum atomic E-state index is 1.06. The maximum atomic E-state index is 3.64. The molecular formula is C39H30N2. The van der Waals surface area contributed by atoms with E-state index in [2.05, 4.69) is 169 Å². The van der Waals surface area contributed by atoms with Gasteiger partial charge < -0.3 is 10.6 Å². The van der Waals surface area contributed by atoms with Gasteiger partial charge in [0.15, 0.2) is 0 Å². The first-order valence-corrected chi connectivity index (χ1v) is 14.0. The summed E-state index contributed by atoms with van der Waals surface area (Å²) in [6, 6.07) is 54.0. The number of fused-ring (bicyclic) bond motifs is 2. The normalized spacial score (nSPS) is 11.0. The predicted octanol–water partition coefficient (Wildman–Crippen LogP) is 11.1. The van der Waals surface area contributed by atoms with Crippen LogP contribution in [0.3, 0.4) is 0 Å². The van der Waals surface area contributed by atoms with Crippen molar-refractivity contribution in [1.29, 1.82) is 0 Å². The molecule has 196 valence electrons. The van der Waals surface area contributed by atoms with Gasteiger partial charge in [-0.2, -0.15) is 0 Å². The van der Waals surface area contributed by atoms with Crippen LogP contribution in [0.15, 0.2) is 152 Å². The molecule has 41 heavy (non-hydrogen) atoms. The van der Waals surface area contributed by atoms with Crippen molar-refractivity contribution >= 4 is 44.3 Å². The zero-order chi connectivity index (χ0) is 27.6. The third kappa shape index (κ3) is 5.28. The van der Waals surface area contributed by atoms with Gasteiger partial charge in [0, 0.05) is 22.7 Å². The van der Waals surface area contributed by atoms with Crippen molar-refractivity contribution < 1.29 is 0 Å². The van der Waals surface area contributed by atoms with Crippen LogP contribution in [0.25, 0.3) is 43.8 Å². The summed E-state index contributed by atoms with van der Waals surface area (Å²) in [6.07, 6.45) is 0. The maximum Gasteiger partial charge on any atom is 0.0390 e. The number of hydrogen-bond donors (Lipinski definition) is 2. The number of anilines is 4. The number of benzene rings is 7. The van der Waals surface area contributed by atoms with Gasteiger partial charge >= 0.3 is 0 Å². The van der Waals surface area contributed by atoms with Crippen molar-refractivity contribution in [1.82, 2.24) is 0 Å². The Morgan fingerprint density at radius 3 is 1.51 bits per heavy atom. The molecule has 2 N–H and O–H groups in total. The first-order valence-electron chi connectivity index (χ1n) is 14.0. The van der Waals surface area contributed by atoms with E-state index in [1.807, 2.05) is 0 Å². The Hall–Kier alpha value is -5.34. The van der Waals surface area contributed by atoms with E-state index in [1.54, 1.807) is 0 Å². The second-order valence-corrected chi connectivity index (χ2v) is 10.6. The highest BCUT2D eigenvalue weighted by Gasteiger charge is 2.11. The topological polar surface area (TPSA) is 24.1 Å². The summed E-state index contributed by atoms with van der Waals surface area (Å²) in [5.41, 5.74) is 10.3. The van der Waals surface area contributed by atoms with E-state index in [1.165, 1.54) is 49.4 Å². The van der Waals surface area contributed by atoms with Gasteiger partial charge in [0.2, 0.25) is 0 Å². The molecule has 2 nitrogen and oxygen atoms in total. The van der Waals surface area contributed by atoms with Crippen LogP contribution in [0.5, 0.6) is 0 Å². The second kappa shape index (κ2) is 10.7. The summed E-state index contributed by atoms with van der Waals surface area (Å²) in [4.78, 5) is 0. The summed E-state index contributed by atoms with van der Waals surface area (Å²) in [5, 5.41) is 12.2. The van der Waals surface area contributed by atoms with E-state index in [4.69, 9.17) is 0 Å². The molecule has 0 atom stereocenters. The van der Waals surface area contributed by atoms with Crippen LogP contribution in [0.2, 0.25) is 0 Å². The fourth-order valence-corrected chi connectivity index (χ4v) is 5.53. The lowest BCUT2D eigenvalue weighted by molar-refractivity contribution is 1.46. The van der Waals surface area contributed by atoms with E-state index in [-0.39, 0.29) is 0 Å². The summed E-state index contributed by atoms with van der Waals surface area (Å²) >= 11 is 0. The Morgan fingerprint density at radius 2 is 0.878 bits per heavy atom. The van der Waals surface area contributed by atoms with Gasteiger partial charge in [-0.15, -0.1) is 0 Å². The molecule has 0 saturated carbocycles. The lowest BCUT2D eigenvalue weighted by atomic mass is 9.93. The molecule has 0 aliphatic heterocycles. The first kappa shape index (κ1) is 24.7. The van der Waals surface area contributed by atoms with Crippen molar-refractivity contribution in [3.63, 3.8) is 0 Å². The number of nitrogens with one attached hydrogen (secondary N) is 2. The average molecular weight is 527 g/mol. The van der Waals surface area contributed by atoms with Crippen LogP contribution in [0.1, 0.15) is 5.56 Å². The van der Waals surface area contributed by atoms with Gasteiger partial charge in [-0.25, -0.2) is 0 Å². The Balaban J connectivity index is 1.21. The van der Waals surface area contributed by atoms with E-state index in [0.29, 0.717) is 0 Å². The van der Waals surface area contributed by atoms with E-state index in [0.717, 1.165) is 22.7 Å². The highest BCUT2D eigenvalue weighted by molar-refractivity contribution is 5.90. The van der Waals surface area contributed by atoms with Gasteiger partial charge in [-0.1, -0.05) is 109 Å². The van der Waals surface area contributed by atoms with Crippen molar-refractivity contribution in [3.05, 3.63) is 157 Å². The lowest BCUT2D eigenvalue weighted by Gasteiger charge is -2.16. The summed E-state index contributed by atoms with van der Waals surface area (Å²) in [7, 11) is 0. The Bertz CT molecular complexity index is 2000. The van der Waals surface area contributed by atoms with Crippen molar-refractivity contribution in [2.75, 3.05) is 10.6 Å². The molecule has 0 fully saturated rings. The van der Waals surface area contributed by atoms with Gasteiger partial charge in [0.25, 0.3) is 0 Å². The van der Waals surface area contributed by atoms with Crippen molar-refractivity contribution in [2.24, 2.45) is 0 Å². The fraction of sp³-hybridized carbons (Fsp3) is 0.0256. The average Bonchev–Trinajstić information content (AvgIpc) is 3.01. The van der Waals surface area contributed by atoms with Crippen LogP contribution in [-0.2, 0) is 0 Å². The molecule has 0 unspecified atom stereocenters. The Labute approximate surface area is 240 Å². The van der Waals surface area contributed by atoms with Crippen LogP contribution in [0, 0.1) is 6.92 Å². The molecule has 7 aromatic rings. The lowest BCUT2D eigenvalue weighted by Crippen LogP contribution is -1.94. The van der Waals surface area contributed by atoms with Crippen LogP contribution < -0.4 is 10.6 Å². The zero-order valence-electron chi connectivity index (χ0n) is 22.9. The summed E-state index contributed by atoms with van der Waals surface area (Å²) < 4.78 is 0. The smallest absolute Gasteiger partial charge is 0.0390 e. The van der Waals surface area contributed by atoms with Crippen molar-refractivity contribution in [3.8, 4) is 22.3 Å². The molecule has 0 amide bonds. The number of rotatable bonds is 6. The van der Waals surface area contributed by atoms with Crippen LogP contribution in [-0.4, -0.2) is 0 Å². The molecule has 7 aromatic carbocycles. The maximum absolute atomic E-state index is 3.64. The number of hydrogen-bond acceptors (Lipinski definition) is 2. The molecule has 2 heteroatoms. The van der Waals surface area contributed by atoms with Crippen LogP contribution >= 0.6 is 0 Å². The highest BCUT2D eigenvalue weighted by atomic mass is 14.9. The van der Waals surface area contributed by atoms with Gasteiger partial charge in [0.05, 0.1) is 0 Å². The van der Waals surface area contributed by atoms with Gasteiger partial charge in [-0.05, 0) is 99.3 Å². The molecular weight excluding hydrogens is 496 g/mol. The molecule has 0 aromatic heterocycles. The van der Waals surface area contributed by atoms with Crippen LogP contribution in [0.4, 0.5) is 22.7 Å². The molecule has 7 rings (SSSR count). The monoisotopic (exact) mass is 526 g/mol. The van der Waals surface area contributed by atoms with Gasteiger partial charge in [0.1, 0.15) is 0 Å². The SMILES string of the molecule is Cc1cccc(-c2cc(Nc3ccc4ccccc4c3)ccc2-c2ccc(Nc3ccc4ccccc4c3)cc2)c1. The number of aryl methyl sites for hydroxylation is 1. The quantitative estimate of drug-likeness (QED) is 0.225. The predicted molar refractivity (Wildman–Crippen MR) is 177 cm³/mol. The first-order chi connectivity index (χ1) is 20.2. The third-order valence-electron chi connectivity index (χ3n) is 7.62. The standard InChI is InChI=1S/C39H30N2/c1-27-7-6-12-33(23-27)39-26-37(41-36-20-14-29-9-3-5-11-32(29)25-36)21-22-38(39)30-15-17-34(18-16-30)40-35-19-13-28-8-2-4-10-31(28)24-35/h2-26,40-41H,1H3. The molecule has 0 spiro atoms. The van der Waals surface area contributed by atoms with E-state index in [9.17, 15) is 0 Å². The Kier molecular flexibility index (Phi) is 6.42. The zero-order valence-corrected chi connectivity index (χ0v) is 22.9. The molecule has 0 heterocycles. The van der Waals surface area contributed by atoms with Gasteiger partial charge in [-0.3, -0.25) is 0 Å².